The van der Waals surface area contributed by atoms with Gasteiger partial charge >= 0.3 is 0 Å². The van der Waals surface area contributed by atoms with E-state index in [2.05, 4.69) is 27.2 Å². The number of nitrogens with zero attached hydrogens (tertiary/aromatic N) is 1. The average molecular weight is 423 g/mol. The molecule has 0 heterocycles. The molecule has 7 heteroatoms. The molecule has 0 radical (unpaired) electrons. The Bertz CT molecular complexity index is 881. The van der Waals surface area contributed by atoms with Crippen LogP contribution >= 0.6 is 15.9 Å². The Labute approximate surface area is 156 Å². The first-order valence-corrected chi connectivity index (χ1v) is 9.82. The van der Waals surface area contributed by atoms with Crippen LogP contribution in [0.2, 0.25) is 0 Å². The van der Waals surface area contributed by atoms with Crippen molar-refractivity contribution in [2.45, 2.75) is 11.4 Å². The number of hydrogen-bond donors (Lipinski definition) is 1. The van der Waals surface area contributed by atoms with Crippen molar-refractivity contribution in [3.63, 3.8) is 0 Å². The molecule has 0 bridgehead atoms. The summed E-state index contributed by atoms with van der Waals surface area (Å²) in [6, 6.07) is 13.6. The summed E-state index contributed by atoms with van der Waals surface area (Å²) < 4.78 is 27.7. The van der Waals surface area contributed by atoms with E-state index in [1.165, 1.54) is 18.2 Å². The molecule has 5 nitrogen and oxygen atoms in total. The van der Waals surface area contributed by atoms with Crippen molar-refractivity contribution in [2.24, 2.45) is 0 Å². The minimum atomic E-state index is -3.67. The molecule has 132 valence electrons. The molecule has 0 aliphatic heterocycles. The Balaban J connectivity index is 2.21. The van der Waals surface area contributed by atoms with E-state index in [4.69, 9.17) is 0 Å². The number of halogens is 1. The van der Waals surface area contributed by atoms with E-state index < -0.39 is 10.0 Å². The smallest absolute Gasteiger partial charge is 0.253 e. The van der Waals surface area contributed by atoms with Gasteiger partial charge in [0.05, 0.1) is 4.90 Å². The van der Waals surface area contributed by atoms with Crippen LogP contribution in [0.25, 0.3) is 0 Å². The van der Waals surface area contributed by atoms with Crippen LogP contribution in [-0.2, 0) is 16.6 Å². The lowest BCUT2D eigenvalue weighted by atomic mass is 10.1. The summed E-state index contributed by atoms with van der Waals surface area (Å²) in [5.74, 6) is -0.253. The maximum absolute atomic E-state index is 12.6. The van der Waals surface area contributed by atoms with Crippen LogP contribution in [-0.4, -0.2) is 32.8 Å². The Morgan fingerprint density at radius 1 is 1.24 bits per heavy atom. The third-order valence-electron chi connectivity index (χ3n) is 3.52. The van der Waals surface area contributed by atoms with Gasteiger partial charge < -0.3 is 4.90 Å². The minimum Gasteiger partial charge on any atom is -0.337 e. The molecular weight excluding hydrogens is 404 g/mol. The SMILES string of the molecule is C=CCNS(=O)(=O)c1cccc(C(=O)N(C)Cc2ccccc2Br)c1. The van der Waals surface area contributed by atoms with Crippen LogP contribution in [0.5, 0.6) is 0 Å². The summed E-state index contributed by atoms with van der Waals surface area (Å²) >= 11 is 3.46. The number of nitrogens with one attached hydrogen (secondary N) is 1. The largest absolute Gasteiger partial charge is 0.337 e. The second-order valence-electron chi connectivity index (χ2n) is 5.42. The maximum atomic E-state index is 12.6. The molecular formula is C18H19BrN2O3S. The van der Waals surface area contributed by atoms with Crippen molar-refractivity contribution >= 4 is 31.9 Å². The minimum absolute atomic E-state index is 0.0505. The van der Waals surface area contributed by atoms with Crippen molar-refractivity contribution in [1.29, 1.82) is 0 Å². The highest BCUT2D eigenvalue weighted by Crippen LogP contribution is 2.19. The topological polar surface area (TPSA) is 66.5 Å². The van der Waals surface area contributed by atoms with Gasteiger partial charge in [-0.1, -0.05) is 46.3 Å². The lowest BCUT2D eigenvalue weighted by Crippen LogP contribution is -2.27. The molecule has 0 atom stereocenters. The van der Waals surface area contributed by atoms with Crippen LogP contribution in [0, 0.1) is 0 Å². The second kappa shape index (κ2) is 8.42. The number of sulfonamides is 1. The molecule has 2 rings (SSSR count). The van der Waals surface area contributed by atoms with Crippen molar-refractivity contribution < 1.29 is 13.2 Å². The Morgan fingerprint density at radius 3 is 2.64 bits per heavy atom. The van der Waals surface area contributed by atoms with Gasteiger partial charge in [-0.3, -0.25) is 4.79 Å². The Kier molecular flexibility index (Phi) is 6.52. The fourth-order valence-corrected chi connectivity index (χ4v) is 3.68. The molecule has 0 spiro atoms. The van der Waals surface area contributed by atoms with E-state index in [-0.39, 0.29) is 17.3 Å². The van der Waals surface area contributed by atoms with E-state index in [0.717, 1.165) is 10.0 Å². The zero-order valence-corrected chi connectivity index (χ0v) is 16.2. The molecule has 2 aromatic carbocycles. The molecule has 0 saturated heterocycles. The monoisotopic (exact) mass is 422 g/mol. The standard InChI is InChI=1S/C18H19BrN2O3S/c1-3-11-20-25(23,24)16-9-6-8-14(12-16)18(22)21(2)13-15-7-4-5-10-17(15)19/h3-10,12,20H,1,11,13H2,2H3. The van der Waals surface area contributed by atoms with Gasteiger partial charge in [-0.2, -0.15) is 0 Å². The summed E-state index contributed by atoms with van der Waals surface area (Å²) in [6.45, 7) is 4.02. The van der Waals surface area contributed by atoms with Crippen LogP contribution in [0.15, 0.2) is 70.6 Å². The van der Waals surface area contributed by atoms with E-state index >= 15 is 0 Å². The molecule has 2 aromatic rings. The molecule has 0 fully saturated rings. The predicted octanol–water partition coefficient (Wildman–Crippen LogP) is 3.19. The Morgan fingerprint density at radius 2 is 1.96 bits per heavy atom. The Hall–Kier alpha value is -1.96. The van der Waals surface area contributed by atoms with Gasteiger partial charge in [-0.15, -0.1) is 6.58 Å². The number of amides is 1. The zero-order valence-electron chi connectivity index (χ0n) is 13.8. The molecule has 0 saturated carbocycles. The van der Waals surface area contributed by atoms with Crippen molar-refractivity contribution in [3.8, 4) is 0 Å². The van der Waals surface area contributed by atoms with Crippen molar-refractivity contribution in [1.82, 2.24) is 9.62 Å². The second-order valence-corrected chi connectivity index (χ2v) is 8.04. The van der Waals surface area contributed by atoms with Crippen LogP contribution < -0.4 is 4.72 Å². The molecule has 1 amide bonds. The number of hydrogen-bond acceptors (Lipinski definition) is 3. The summed E-state index contributed by atoms with van der Waals surface area (Å²) in [5.41, 5.74) is 1.28. The van der Waals surface area contributed by atoms with E-state index in [1.54, 1.807) is 24.1 Å². The van der Waals surface area contributed by atoms with Crippen molar-refractivity contribution in [3.05, 3.63) is 76.8 Å². The van der Waals surface area contributed by atoms with Crippen molar-refractivity contribution in [2.75, 3.05) is 13.6 Å². The third kappa shape index (κ3) is 5.01. The maximum Gasteiger partial charge on any atom is 0.253 e. The quantitative estimate of drug-likeness (QED) is 0.696. The first kappa shape index (κ1) is 19.4. The molecule has 0 unspecified atom stereocenters. The molecule has 25 heavy (non-hydrogen) atoms. The van der Waals surface area contributed by atoms with Gasteiger partial charge in [0.25, 0.3) is 5.91 Å². The molecule has 0 aromatic heterocycles. The van der Waals surface area contributed by atoms with Crippen LogP contribution in [0.3, 0.4) is 0 Å². The summed E-state index contributed by atoms with van der Waals surface area (Å²) in [7, 11) is -1.99. The number of carbonyl (C=O) groups excluding carboxylic acids is 1. The van der Waals surface area contributed by atoms with Gasteiger partial charge in [0, 0.05) is 30.2 Å². The third-order valence-corrected chi connectivity index (χ3v) is 5.72. The van der Waals surface area contributed by atoms with E-state index in [0.29, 0.717) is 12.1 Å². The zero-order chi connectivity index (χ0) is 18.4. The van der Waals surface area contributed by atoms with Gasteiger partial charge in [0.1, 0.15) is 0 Å². The first-order chi connectivity index (χ1) is 11.8. The lowest BCUT2D eigenvalue weighted by molar-refractivity contribution is 0.0784. The van der Waals surface area contributed by atoms with Gasteiger partial charge in [0.2, 0.25) is 10.0 Å². The number of rotatable bonds is 7. The highest BCUT2D eigenvalue weighted by molar-refractivity contribution is 9.10. The highest BCUT2D eigenvalue weighted by atomic mass is 79.9. The normalized spacial score (nSPS) is 11.1. The fraction of sp³-hybridized carbons (Fsp3) is 0.167. The summed E-state index contributed by atoms with van der Waals surface area (Å²) in [6.07, 6.45) is 1.46. The molecule has 0 aliphatic rings. The highest BCUT2D eigenvalue weighted by Gasteiger charge is 2.18. The predicted molar refractivity (Wildman–Crippen MR) is 102 cm³/mol. The summed E-state index contributed by atoms with van der Waals surface area (Å²) in [5, 5.41) is 0. The van der Waals surface area contributed by atoms with Gasteiger partial charge in [0.15, 0.2) is 0 Å². The van der Waals surface area contributed by atoms with E-state index in [1.807, 2.05) is 24.3 Å². The van der Waals surface area contributed by atoms with Gasteiger partial charge in [-0.25, -0.2) is 13.1 Å². The molecule has 1 N–H and O–H groups in total. The molecule has 0 aliphatic carbocycles. The van der Waals surface area contributed by atoms with Crippen LogP contribution in [0.1, 0.15) is 15.9 Å². The van der Waals surface area contributed by atoms with Crippen LogP contribution in [0.4, 0.5) is 0 Å². The average Bonchev–Trinajstić information content (AvgIpc) is 2.61. The van der Waals surface area contributed by atoms with E-state index in [9.17, 15) is 13.2 Å². The number of benzene rings is 2. The lowest BCUT2D eigenvalue weighted by Gasteiger charge is -2.18. The van der Waals surface area contributed by atoms with Gasteiger partial charge in [-0.05, 0) is 29.8 Å². The first-order valence-electron chi connectivity index (χ1n) is 7.54. The number of carbonyl (C=O) groups is 1. The fourth-order valence-electron chi connectivity index (χ4n) is 2.22. The summed E-state index contributed by atoms with van der Waals surface area (Å²) in [4.78, 5) is 14.2.